The Morgan fingerprint density at radius 2 is 1.52 bits per heavy atom. The van der Waals surface area contributed by atoms with Gasteiger partial charge in [-0.2, -0.15) is 0 Å². The Labute approximate surface area is 117 Å². The first kappa shape index (κ1) is 17.4. The van der Waals surface area contributed by atoms with Gasteiger partial charge in [0.2, 0.25) is 5.52 Å². The van der Waals surface area contributed by atoms with Crippen LogP contribution in [-0.2, 0) is 9.13 Å². The fraction of sp³-hybridized carbons (Fsp3) is 0.125. The van der Waals surface area contributed by atoms with E-state index in [1.807, 2.05) is 0 Å². The van der Waals surface area contributed by atoms with Crippen LogP contribution >= 0.6 is 15.2 Å². The van der Waals surface area contributed by atoms with E-state index < -0.39 is 31.5 Å². The van der Waals surface area contributed by atoms with E-state index in [4.69, 9.17) is 19.6 Å². The van der Waals surface area contributed by atoms with Gasteiger partial charge in [0.05, 0.1) is 4.92 Å². The van der Waals surface area contributed by atoms with Crippen molar-refractivity contribution >= 4 is 26.8 Å². The molecule has 11 nitrogen and oxygen atoms in total. The van der Waals surface area contributed by atoms with Gasteiger partial charge in [-0.05, 0) is 12.1 Å². The van der Waals surface area contributed by atoms with Gasteiger partial charge in [0.25, 0.3) is 11.6 Å². The number of nitrogens with zero attached hydrogens (tertiary/aromatic N) is 1. The fourth-order valence-electron chi connectivity index (χ4n) is 1.30. The Balaban J connectivity index is 3.00. The van der Waals surface area contributed by atoms with Crippen molar-refractivity contribution in [3.8, 4) is 0 Å². The molecule has 0 saturated heterocycles. The highest BCUT2D eigenvalue weighted by atomic mass is 31.2. The first-order valence-electron chi connectivity index (χ1n) is 5.08. The monoisotopic (exact) mass is 340 g/mol. The van der Waals surface area contributed by atoms with Crippen molar-refractivity contribution in [1.82, 2.24) is 5.32 Å². The number of non-ortho nitro benzene ring substituents is 1. The van der Waals surface area contributed by atoms with Crippen molar-refractivity contribution < 1.29 is 38.4 Å². The number of nitro groups is 1. The molecule has 116 valence electrons. The number of carbonyl (C=O) groups excluding carboxylic acids is 1. The molecule has 13 heteroatoms. The second-order valence-electron chi connectivity index (χ2n) is 3.83. The Bertz CT molecular complexity index is 624. The van der Waals surface area contributed by atoms with Gasteiger partial charge in [-0.15, -0.1) is 0 Å². The predicted molar refractivity (Wildman–Crippen MR) is 68.4 cm³/mol. The van der Waals surface area contributed by atoms with Gasteiger partial charge >= 0.3 is 15.2 Å². The third-order valence-electron chi connectivity index (χ3n) is 2.24. The number of nitrogens with one attached hydrogen (secondary N) is 1. The molecule has 1 amide bonds. The quantitative estimate of drug-likeness (QED) is 0.278. The number of rotatable bonds is 5. The molecule has 21 heavy (non-hydrogen) atoms. The summed E-state index contributed by atoms with van der Waals surface area (Å²) in [6.45, 7) is 0. The minimum Gasteiger partial charge on any atom is -0.328 e. The van der Waals surface area contributed by atoms with Crippen molar-refractivity contribution in [2.75, 3.05) is 0 Å². The summed E-state index contributed by atoms with van der Waals surface area (Å²) in [5.74, 6) is -1.19. The number of amides is 1. The molecule has 0 spiro atoms. The van der Waals surface area contributed by atoms with Crippen LogP contribution in [0.5, 0.6) is 0 Å². The van der Waals surface area contributed by atoms with Gasteiger partial charge in [0.15, 0.2) is 0 Å². The molecule has 0 aliphatic carbocycles. The van der Waals surface area contributed by atoms with Crippen LogP contribution in [0, 0.1) is 10.1 Å². The standard InChI is InChI=1S/C8H10N2O9P2/c11-7(5-1-3-6(4-2-5)10(12)13)9-8(20(14,15)16)21(17,18)19/h1-4,8H,(H,9,11)(H2,14,15,16)(H2,17,18,19). The second-order valence-corrected chi connectivity index (χ2v) is 7.63. The summed E-state index contributed by atoms with van der Waals surface area (Å²) in [6.07, 6.45) is 0. The minimum atomic E-state index is -5.30. The van der Waals surface area contributed by atoms with Crippen LogP contribution in [-0.4, -0.2) is 35.9 Å². The summed E-state index contributed by atoms with van der Waals surface area (Å²) >= 11 is 0. The molecule has 0 unspecified atom stereocenters. The molecule has 0 fully saturated rings. The first-order chi connectivity index (χ1) is 9.43. The lowest BCUT2D eigenvalue weighted by atomic mass is 10.2. The molecule has 1 rings (SSSR count). The predicted octanol–water partition coefficient (Wildman–Crippen LogP) is -0.0364. The van der Waals surface area contributed by atoms with Gasteiger partial charge in [-0.3, -0.25) is 24.0 Å². The van der Waals surface area contributed by atoms with E-state index >= 15 is 0 Å². The van der Waals surface area contributed by atoms with E-state index in [0.717, 1.165) is 24.3 Å². The molecule has 0 bridgehead atoms. The van der Waals surface area contributed by atoms with E-state index in [9.17, 15) is 24.0 Å². The molecule has 0 heterocycles. The number of benzene rings is 1. The van der Waals surface area contributed by atoms with Crippen LogP contribution in [0.25, 0.3) is 0 Å². The molecule has 0 aromatic heterocycles. The van der Waals surface area contributed by atoms with E-state index in [1.54, 1.807) is 0 Å². The lowest BCUT2D eigenvalue weighted by Crippen LogP contribution is -2.34. The maximum Gasteiger partial charge on any atom is 0.360 e. The van der Waals surface area contributed by atoms with E-state index in [0.29, 0.717) is 0 Å². The minimum absolute atomic E-state index is 0.257. The van der Waals surface area contributed by atoms with Crippen LogP contribution in [0.3, 0.4) is 0 Å². The average molecular weight is 340 g/mol. The average Bonchev–Trinajstić information content (AvgIpc) is 2.33. The zero-order valence-corrected chi connectivity index (χ0v) is 11.8. The van der Waals surface area contributed by atoms with Gasteiger partial charge in [-0.25, -0.2) is 0 Å². The molecule has 0 saturated carbocycles. The summed E-state index contributed by atoms with van der Waals surface area (Å²) in [7, 11) is -10.6. The Hall–Kier alpha value is -1.61. The maximum absolute atomic E-state index is 11.7. The SMILES string of the molecule is O=C(NC(P(=O)(O)O)P(=O)(O)O)c1ccc([N+](=O)[O-])cc1. The highest BCUT2D eigenvalue weighted by Gasteiger charge is 2.44. The topological polar surface area (TPSA) is 187 Å². The van der Waals surface area contributed by atoms with Crippen LogP contribution in [0.1, 0.15) is 10.4 Å². The fourth-order valence-corrected chi connectivity index (χ4v) is 3.44. The Morgan fingerprint density at radius 3 is 1.86 bits per heavy atom. The number of carbonyl (C=O) groups is 1. The molecule has 0 atom stereocenters. The van der Waals surface area contributed by atoms with Gasteiger partial charge in [0.1, 0.15) is 0 Å². The summed E-state index contributed by atoms with van der Waals surface area (Å²) in [5.41, 5.74) is -3.27. The van der Waals surface area contributed by atoms with E-state index in [1.165, 1.54) is 5.32 Å². The summed E-state index contributed by atoms with van der Waals surface area (Å²) in [6, 6.07) is 3.87. The molecule has 0 aliphatic rings. The molecule has 1 aromatic rings. The lowest BCUT2D eigenvalue weighted by molar-refractivity contribution is -0.384. The smallest absolute Gasteiger partial charge is 0.328 e. The van der Waals surface area contributed by atoms with Crippen molar-refractivity contribution in [3.05, 3.63) is 39.9 Å². The molecule has 1 aromatic carbocycles. The Morgan fingerprint density at radius 1 is 1.10 bits per heavy atom. The van der Waals surface area contributed by atoms with E-state index in [-0.39, 0.29) is 11.3 Å². The van der Waals surface area contributed by atoms with Crippen LogP contribution < -0.4 is 5.32 Å². The van der Waals surface area contributed by atoms with Gasteiger partial charge < -0.3 is 24.9 Å². The van der Waals surface area contributed by atoms with Crippen LogP contribution in [0.15, 0.2) is 24.3 Å². The third kappa shape index (κ3) is 4.71. The number of nitro benzene ring substituents is 1. The second kappa shape index (κ2) is 6.02. The van der Waals surface area contributed by atoms with Crippen molar-refractivity contribution in [2.45, 2.75) is 5.52 Å². The summed E-state index contributed by atoms with van der Waals surface area (Å²) in [4.78, 5) is 56.7. The molecule has 0 radical (unpaired) electrons. The Kier molecular flexibility index (Phi) is 5.00. The normalized spacial score (nSPS) is 12.2. The van der Waals surface area contributed by atoms with Crippen LogP contribution in [0.4, 0.5) is 5.69 Å². The highest BCUT2D eigenvalue weighted by Crippen LogP contribution is 2.58. The number of hydrogen-bond acceptors (Lipinski definition) is 5. The molecule has 5 N–H and O–H groups in total. The summed E-state index contributed by atoms with van der Waals surface area (Å²) < 4.78 is 22.0. The molecular formula is C8H10N2O9P2. The van der Waals surface area contributed by atoms with Crippen molar-refractivity contribution in [1.29, 1.82) is 0 Å². The van der Waals surface area contributed by atoms with Crippen molar-refractivity contribution in [2.24, 2.45) is 0 Å². The van der Waals surface area contributed by atoms with Crippen LogP contribution in [0.2, 0.25) is 0 Å². The zero-order valence-electron chi connectivity index (χ0n) is 10.1. The van der Waals surface area contributed by atoms with Crippen molar-refractivity contribution in [3.63, 3.8) is 0 Å². The van der Waals surface area contributed by atoms with E-state index in [2.05, 4.69) is 0 Å². The highest BCUT2D eigenvalue weighted by molar-refractivity contribution is 7.70. The summed E-state index contributed by atoms with van der Waals surface area (Å²) in [5, 5.41) is 11.9. The first-order valence-corrected chi connectivity index (χ1v) is 8.45. The molecular weight excluding hydrogens is 330 g/mol. The largest absolute Gasteiger partial charge is 0.360 e. The zero-order chi connectivity index (χ0) is 16.4. The lowest BCUT2D eigenvalue weighted by Gasteiger charge is -2.20. The van der Waals surface area contributed by atoms with Gasteiger partial charge in [-0.1, -0.05) is 0 Å². The third-order valence-corrected chi connectivity index (χ3v) is 5.58. The maximum atomic E-state index is 11.7. The molecule has 0 aliphatic heterocycles. The van der Waals surface area contributed by atoms with Gasteiger partial charge in [0, 0.05) is 17.7 Å². The number of hydrogen-bond donors (Lipinski definition) is 5.